The van der Waals surface area contributed by atoms with E-state index < -0.39 is 0 Å². The first-order chi connectivity index (χ1) is 6.88. The van der Waals surface area contributed by atoms with E-state index in [1.165, 1.54) is 6.42 Å². The van der Waals surface area contributed by atoms with Gasteiger partial charge in [0.15, 0.2) is 0 Å². The van der Waals surface area contributed by atoms with Crippen molar-refractivity contribution in [3.63, 3.8) is 0 Å². The van der Waals surface area contributed by atoms with Crippen LogP contribution in [0.15, 0.2) is 0 Å². The van der Waals surface area contributed by atoms with Crippen LogP contribution in [0.5, 0.6) is 0 Å². The van der Waals surface area contributed by atoms with Crippen LogP contribution in [0.4, 0.5) is 0 Å². The molecule has 4 nitrogen and oxygen atoms in total. The molecular formula is C10H22N2O2. The number of hydrogen-bond donors (Lipinski definition) is 2. The van der Waals surface area contributed by atoms with E-state index in [4.69, 9.17) is 9.84 Å². The Labute approximate surface area is 86.2 Å². The van der Waals surface area contributed by atoms with Crippen molar-refractivity contribution in [1.82, 2.24) is 10.2 Å². The highest BCUT2D eigenvalue weighted by Crippen LogP contribution is 2.07. The maximum atomic E-state index is 8.55. The molecule has 0 amide bonds. The normalized spacial score (nSPS) is 22.1. The van der Waals surface area contributed by atoms with Crippen molar-refractivity contribution >= 4 is 0 Å². The Kier molecular flexibility index (Phi) is 6.10. The van der Waals surface area contributed by atoms with E-state index in [0.717, 1.165) is 32.8 Å². The minimum Gasteiger partial charge on any atom is -0.394 e. The predicted molar refractivity (Wildman–Crippen MR) is 56.4 cm³/mol. The van der Waals surface area contributed by atoms with Gasteiger partial charge in [-0.05, 0) is 19.5 Å². The second-order valence-electron chi connectivity index (χ2n) is 3.61. The Bertz CT molecular complexity index is 138. The summed E-state index contributed by atoms with van der Waals surface area (Å²) < 4.78 is 5.26. The zero-order valence-corrected chi connectivity index (χ0v) is 9.04. The summed E-state index contributed by atoms with van der Waals surface area (Å²) in [6, 6.07) is 0.678. The Morgan fingerprint density at radius 1 is 1.50 bits per heavy atom. The smallest absolute Gasteiger partial charge is 0.0698 e. The van der Waals surface area contributed by atoms with Crippen LogP contribution < -0.4 is 5.32 Å². The summed E-state index contributed by atoms with van der Waals surface area (Å²) in [6.45, 7) is 7.79. The number of nitrogens with one attached hydrogen (secondary N) is 1. The zero-order chi connectivity index (χ0) is 10.2. The lowest BCUT2D eigenvalue weighted by Gasteiger charge is -2.26. The van der Waals surface area contributed by atoms with Gasteiger partial charge in [-0.1, -0.05) is 6.92 Å². The van der Waals surface area contributed by atoms with E-state index in [9.17, 15) is 0 Å². The van der Waals surface area contributed by atoms with E-state index in [-0.39, 0.29) is 6.61 Å². The van der Waals surface area contributed by atoms with Crippen LogP contribution in [0, 0.1) is 0 Å². The molecule has 0 aromatic heterocycles. The molecule has 1 aliphatic rings. The molecular weight excluding hydrogens is 180 g/mol. The van der Waals surface area contributed by atoms with Gasteiger partial charge in [0, 0.05) is 19.1 Å². The molecule has 14 heavy (non-hydrogen) atoms. The average molecular weight is 202 g/mol. The van der Waals surface area contributed by atoms with E-state index >= 15 is 0 Å². The predicted octanol–water partition coefficient (Wildman–Crippen LogP) is -0.321. The highest BCUT2D eigenvalue weighted by molar-refractivity contribution is 4.79. The lowest BCUT2D eigenvalue weighted by molar-refractivity contribution is 0.0666. The summed E-state index contributed by atoms with van der Waals surface area (Å²) in [7, 11) is 0. The van der Waals surface area contributed by atoms with Crippen LogP contribution in [-0.2, 0) is 4.74 Å². The number of rotatable bonds is 7. The minimum atomic E-state index is 0.122. The number of aliphatic hydroxyl groups is 1. The molecule has 0 spiro atoms. The molecule has 1 rings (SSSR count). The van der Waals surface area contributed by atoms with Gasteiger partial charge in [0.1, 0.15) is 0 Å². The van der Waals surface area contributed by atoms with Gasteiger partial charge >= 0.3 is 0 Å². The largest absolute Gasteiger partial charge is 0.394 e. The third kappa shape index (κ3) is 3.92. The number of likely N-dealkylation sites (N-methyl/N-ethyl adjacent to an activating group) is 1. The summed E-state index contributed by atoms with van der Waals surface area (Å²) in [4.78, 5) is 2.44. The first-order valence-electron chi connectivity index (χ1n) is 5.51. The Balaban J connectivity index is 2.11. The molecule has 1 heterocycles. The first-order valence-corrected chi connectivity index (χ1v) is 5.51. The molecule has 1 atom stereocenters. The van der Waals surface area contributed by atoms with Crippen LogP contribution in [-0.4, -0.2) is 62.0 Å². The first kappa shape index (κ1) is 11.9. The molecule has 0 aliphatic carbocycles. The van der Waals surface area contributed by atoms with Crippen molar-refractivity contribution in [2.24, 2.45) is 0 Å². The van der Waals surface area contributed by atoms with Gasteiger partial charge < -0.3 is 15.2 Å². The second-order valence-corrected chi connectivity index (χ2v) is 3.61. The number of nitrogens with zero attached hydrogens (tertiary/aromatic N) is 1. The van der Waals surface area contributed by atoms with Gasteiger partial charge in [-0.3, -0.25) is 4.90 Å². The standard InChI is InChI=1S/C10H22N2O2/c1-2-12(5-7-14-8-6-13)10-3-4-11-9-10/h10-11,13H,2-9H2,1H3. The van der Waals surface area contributed by atoms with Crippen molar-refractivity contribution in [2.45, 2.75) is 19.4 Å². The molecule has 0 radical (unpaired) electrons. The van der Waals surface area contributed by atoms with Crippen LogP contribution in [0.2, 0.25) is 0 Å². The van der Waals surface area contributed by atoms with E-state index in [0.29, 0.717) is 12.6 Å². The fourth-order valence-electron chi connectivity index (χ4n) is 1.90. The third-order valence-electron chi connectivity index (χ3n) is 2.72. The Hall–Kier alpha value is -0.160. The highest BCUT2D eigenvalue weighted by atomic mass is 16.5. The molecule has 2 N–H and O–H groups in total. The second kappa shape index (κ2) is 7.17. The van der Waals surface area contributed by atoms with Crippen LogP contribution in [0.3, 0.4) is 0 Å². The highest BCUT2D eigenvalue weighted by Gasteiger charge is 2.20. The Morgan fingerprint density at radius 3 is 2.93 bits per heavy atom. The quantitative estimate of drug-likeness (QED) is 0.555. The molecule has 4 heteroatoms. The van der Waals surface area contributed by atoms with Gasteiger partial charge in [0.2, 0.25) is 0 Å². The topological polar surface area (TPSA) is 44.7 Å². The maximum Gasteiger partial charge on any atom is 0.0698 e. The molecule has 84 valence electrons. The van der Waals surface area contributed by atoms with Crippen molar-refractivity contribution < 1.29 is 9.84 Å². The molecule has 0 aromatic carbocycles. The van der Waals surface area contributed by atoms with Gasteiger partial charge in [0.05, 0.1) is 19.8 Å². The van der Waals surface area contributed by atoms with Crippen LogP contribution >= 0.6 is 0 Å². The average Bonchev–Trinajstić information content (AvgIpc) is 2.71. The SMILES string of the molecule is CCN(CCOCCO)C1CCNC1. The van der Waals surface area contributed by atoms with Crippen molar-refractivity contribution in [1.29, 1.82) is 0 Å². The molecule has 0 saturated carbocycles. The molecule has 1 aliphatic heterocycles. The van der Waals surface area contributed by atoms with Gasteiger partial charge in [-0.25, -0.2) is 0 Å². The van der Waals surface area contributed by atoms with E-state index in [2.05, 4.69) is 17.1 Å². The van der Waals surface area contributed by atoms with Crippen molar-refractivity contribution in [3.05, 3.63) is 0 Å². The fraction of sp³-hybridized carbons (Fsp3) is 1.00. The molecule has 1 saturated heterocycles. The van der Waals surface area contributed by atoms with Gasteiger partial charge in [-0.15, -0.1) is 0 Å². The van der Waals surface area contributed by atoms with Crippen molar-refractivity contribution in [3.8, 4) is 0 Å². The fourth-order valence-corrected chi connectivity index (χ4v) is 1.90. The van der Waals surface area contributed by atoms with Gasteiger partial charge in [0.25, 0.3) is 0 Å². The molecule has 1 unspecified atom stereocenters. The zero-order valence-electron chi connectivity index (χ0n) is 9.04. The molecule has 1 fully saturated rings. The van der Waals surface area contributed by atoms with Gasteiger partial charge in [-0.2, -0.15) is 0 Å². The summed E-state index contributed by atoms with van der Waals surface area (Å²) in [5, 5.41) is 11.9. The van der Waals surface area contributed by atoms with Crippen molar-refractivity contribution in [2.75, 3.05) is 46.0 Å². The van der Waals surface area contributed by atoms with Crippen LogP contribution in [0.1, 0.15) is 13.3 Å². The summed E-state index contributed by atoms with van der Waals surface area (Å²) in [5.41, 5.74) is 0. The summed E-state index contributed by atoms with van der Waals surface area (Å²) in [5.74, 6) is 0. The van der Waals surface area contributed by atoms with E-state index in [1.807, 2.05) is 0 Å². The van der Waals surface area contributed by atoms with Crippen LogP contribution in [0.25, 0.3) is 0 Å². The molecule has 0 aromatic rings. The number of hydrogen-bond acceptors (Lipinski definition) is 4. The van der Waals surface area contributed by atoms with E-state index in [1.54, 1.807) is 0 Å². The number of ether oxygens (including phenoxy) is 1. The minimum absolute atomic E-state index is 0.122. The third-order valence-corrected chi connectivity index (χ3v) is 2.72. The Morgan fingerprint density at radius 2 is 2.36 bits per heavy atom. The summed E-state index contributed by atoms with van der Waals surface area (Å²) in [6.07, 6.45) is 1.24. The molecule has 0 bridgehead atoms. The summed E-state index contributed by atoms with van der Waals surface area (Å²) >= 11 is 0. The lowest BCUT2D eigenvalue weighted by Crippen LogP contribution is -2.39. The maximum absolute atomic E-state index is 8.55. The monoisotopic (exact) mass is 202 g/mol. The lowest BCUT2D eigenvalue weighted by atomic mass is 10.2. The number of aliphatic hydroxyl groups excluding tert-OH is 1.